The van der Waals surface area contributed by atoms with Gasteiger partial charge in [0.1, 0.15) is 0 Å². The number of benzene rings is 1. The molecule has 28 heavy (non-hydrogen) atoms. The van der Waals surface area contributed by atoms with Crippen LogP contribution in [0.25, 0.3) is 11.3 Å². The van der Waals surface area contributed by atoms with Crippen LogP contribution in [-0.4, -0.2) is 59.5 Å². The van der Waals surface area contributed by atoms with Crippen LogP contribution in [0.5, 0.6) is 5.88 Å². The lowest BCUT2D eigenvalue weighted by Crippen LogP contribution is -2.44. The zero-order valence-electron chi connectivity index (χ0n) is 16.8. The van der Waals surface area contributed by atoms with Crippen molar-refractivity contribution in [3.05, 3.63) is 48.0 Å². The zero-order chi connectivity index (χ0) is 19.5. The summed E-state index contributed by atoms with van der Waals surface area (Å²) in [6.45, 7) is 5.35. The molecule has 2 aromatic rings. The summed E-state index contributed by atoms with van der Waals surface area (Å²) in [5.74, 6) is 0.744. The molecule has 2 aliphatic heterocycles. The van der Waals surface area contributed by atoms with Crippen molar-refractivity contribution in [2.45, 2.75) is 44.7 Å². The maximum absolute atomic E-state index is 13.1. The van der Waals surface area contributed by atoms with Crippen molar-refractivity contribution >= 4 is 5.91 Å². The minimum atomic E-state index is 0.152. The van der Waals surface area contributed by atoms with Gasteiger partial charge in [-0.15, -0.1) is 0 Å². The Labute approximate surface area is 167 Å². The van der Waals surface area contributed by atoms with Crippen molar-refractivity contribution < 1.29 is 9.53 Å². The molecule has 0 radical (unpaired) electrons. The van der Waals surface area contributed by atoms with Gasteiger partial charge >= 0.3 is 0 Å². The van der Waals surface area contributed by atoms with E-state index in [4.69, 9.17) is 4.74 Å². The maximum atomic E-state index is 13.1. The van der Waals surface area contributed by atoms with Gasteiger partial charge in [-0.05, 0) is 57.4 Å². The van der Waals surface area contributed by atoms with E-state index in [2.05, 4.69) is 21.7 Å². The number of likely N-dealkylation sites (tertiary alicyclic amines) is 2. The Bertz CT molecular complexity index is 821. The van der Waals surface area contributed by atoms with Crippen LogP contribution in [0.4, 0.5) is 0 Å². The number of nitrogens with zero attached hydrogens (tertiary/aromatic N) is 3. The summed E-state index contributed by atoms with van der Waals surface area (Å²) >= 11 is 0. The lowest BCUT2D eigenvalue weighted by Gasteiger charge is -2.30. The van der Waals surface area contributed by atoms with E-state index in [1.165, 1.54) is 19.4 Å². The Morgan fingerprint density at radius 3 is 2.61 bits per heavy atom. The number of pyridine rings is 1. The van der Waals surface area contributed by atoms with E-state index in [9.17, 15) is 4.79 Å². The third-order valence-corrected chi connectivity index (χ3v) is 6.13. The van der Waals surface area contributed by atoms with Crippen molar-refractivity contribution in [3.8, 4) is 17.1 Å². The van der Waals surface area contributed by atoms with Crippen LogP contribution in [0, 0.1) is 0 Å². The molecule has 0 N–H and O–H groups in total. The van der Waals surface area contributed by atoms with Crippen LogP contribution in [0.3, 0.4) is 0 Å². The van der Waals surface area contributed by atoms with Crippen LogP contribution in [0.2, 0.25) is 0 Å². The van der Waals surface area contributed by atoms with Crippen molar-refractivity contribution in [1.82, 2.24) is 14.8 Å². The first-order valence-corrected chi connectivity index (χ1v) is 10.3. The number of ether oxygens (including phenoxy) is 1. The summed E-state index contributed by atoms with van der Waals surface area (Å²) in [7, 11) is 1.61. The number of carbonyl (C=O) groups excluding carboxylic acids is 1. The Morgan fingerprint density at radius 1 is 1.11 bits per heavy atom. The van der Waals surface area contributed by atoms with Gasteiger partial charge in [0, 0.05) is 42.4 Å². The molecule has 1 amide bonds. The highest BCUT2D eigenvalue weighted by molar-refractivity contribution is 5.95. The number of hydrogen-bond acceptors (Lipinski definition) is 4. The molecule has 2 fully saturated rings. The van der Waals surface area contributed by atoms with Gasteiger partial charge in [0.15, 0.2) is 0 Å². The molecule has 3 heterocycles. The number of hydrogen-bond donors (Lipinski definition) is 0. The van der Waals surface area contributed by atoms with Gasteiger partial charge in [-0.25, -0.2) is 4.98 Å². The van der Waals surface area contributed by atoms with Gasteiger partial charge < -0.3 is 9.64 Å². The number of methoxy groups -OCH3 is 1. The molecule has 4 rings (SSSR count). The van der Waals surface area contributed by atoms with E-state index in [1.54, 1.807) is 7.11 Å². The van der Waals surface area contributed by atoms with Crippen LogP contribution in [0.15, 0.2) is 42.5 Å². The standard InChI is InChI=1S/C23H29N3O2/c1-17-6-4-14-25(17)16-20-7-5-15-26(20)23(27)19-12-10-18(11-13-19)21-8-3-9-22(24-21)28-2/h3,8-13,17,20H,4-7,14-16H2,1-2H3. The number of aromatic nitrogens is 1. The Hall–Kier alpha value is -2.40. The molecular formula is C23H29N3O2. The van der Waals surface area contributed by atoms with Gasteiger partial charge in [0.05, 0.1) is 12.8 Å². The van der Waals surface area contributed by atoms with E-state index in [-0.39, 0.29) is 5.91 Å². The summed E-state index contributed by atoms with van der Waals surface area (Å²) in [5, 5.41) is 0. The molecule has 1 aromatic carbocycles. The molecule has 148 valence electrons. The summed E-state index contributed by atoms with van der Waals surface area (Å²) in [6.07, 6.45) is 4.77. The fourth-order valence-corrected chi connectivity index (χ4v) is 4.47. The first-order chi connectivity index (χ1) is 13.7. The number of amides is 1. The summed E-state index contributed by atoms with van der Waals surface area (Å²) in [4.78, 5) is 22.2. The van der Waals surface area contributed by atoms with Crippen molar-refractivity contribution in [2.24, 2.45) is 0 Å². The smallest absolute Gasteiger partial charge is 0.254 e. The van der Waals surface area contributed by atoms with E-state index < -0.39 is 0 Å². The fourth-order valence-electron chi connectivity index (χ4n) is 4.47. The van der Waals surface area contributed by atoms with Gasteiger partial charge in [0.25, 0.3) is 5.91 Å². The predicted octanol–water partition coefficient (Wildman–Crippen LogP) is 3.85. The average Bonchev–Trinajstić information content (AvgIpc) is 3.37. The molecule has 5 nitrogen and oxygen atoms in total. The Balaban J connectivity index is 1.46. The maximum Gasteiger partial charge on any atom is 0.254 e. The molecule has 2 saturated heterocycles. The average molecular weight is 380 g/mol. The van der Waals surface area contributed by atoms with E-state index >= 15 is 0 Å². The number of rotatable bonds is 5. The Kier molecular flexibility index (Phi) is 5.62. The topological polar surface area (TPSA) is 45.7 Å². The van der Waals surface area contributed by atoms with Gasteiger partial charge in [-0.3, -0.25) is 9.69 Å². The first-order valence-electron chi connectivity index (χ1n) is 10.3. The SMILES string of the molecule is COc1cccc(-c2ccc(C(=O)N3CCCC3CN3CCCC3C)cc2)n1. The van der Waals surface area contributed by atoms with E-state index in [1.807, 2.05) is 42.5 Å². The quantitative estimate of drug-likeness (QED) is 0.792. The second-order valence-corrected chi connectivity index (χ2v) is 7.92. The van der Waals surface area contributed by atoms with Crippen LogP contribution in [-0.2, 0) is 0 Å². The monoisotopic (exact) mass is 379 g/mol. The van der Waals surface area contributed by atoms with E-state index in [0.717, 1.165) is 42.8 Å². The highest BCUT2D eigenvalue weighted by atomic mass is 16.5. The first kappa shape index (κ1) is 18.9. The molecule has 0 spiro atoms. The van der Waals surface area contributed by atoms with Crippen LogP contribution in [0.1, 0.15) is 43.0 Å². The van der Waals surface area contributed by atoms with E-state index in [0.29, 0.717) is 18.0 Å². The third-order valence-electron chi connectivity index (χ3n) is 6.13. The molecule has 0 aliphatic carbocycles. The normalized spacial score (nSPS) is 22.6. The second-order valence-electron chi connectivity index (χ2n) is 7.92. The second kappa shape index (κ2) is 8.31. The van der Waals surface area contributed by atoms with Gasteiger partial charge in [-0.1, -0.05) is 18.2 Å². The number of carbonyl (C=O) groups is 1. The minimum Gasteiger partial charge on any atom is -0.481 e. The third kappa shape index (κ3) is 3.90. The molecule has 2 unspecified atom stereocenters. The van der Waals surface area contributed by atoms with Crippen LogP contribution < -0.4 is 4.74 Å². The van der Waals surface area contributed by atoms with Gasteiger partial charge in [-0.2, -0.15) is 0 Å². The molecule has 0 saturated carbocycles. The minimum absolute atomic E-state index is 0.152. The van der Waals surface area contributed by atoms with Crippen molar-refractivity contribution in [1.29, 1.82) is 0 Å². The molecule has 5 heteroatoms. The summed E-state index contributed by atoms with van der Waals surface area (Å²) in [5.41, 5.74) is 2.59. The fraction of sp³-hybridized carbons (Fsp3) is 0.478. The summed E-state index contributed by atoms with van der Waals surface area (Å²) < 4.78 is 5.20. The molecule has 0 bridgehead atoms. The molecule has 2 aliphatic rings. The Morgan fingerprint density at radius 2 is 1.89 bits per heavy atom. The summed E-state index contributed by atoms with van der Waals surface area (Å²) in [6, 6.07) is 14.5. The van der Waals surface area contributed by atoms with Crippen molar-refractivity contribution in [2.75, 3.05) is 26.7 Å². The highest BCUT2D eigenvalue weighted by Crippen LogP contribution is 2.26. The molecule has 2 atom stereocenters. The highest BCUT2D eigenvalue weighted by Gasteiger charge is 2.32. The van der Waals surface area contributed by atoms with Gasteiger partial charge in [0.2, 0.25) is 5.88 Å². The molecule has 1 aromatic heterocycles. The molecular weight excluding hydrogens is 350 g/mol. The predicted molar refractivity (Wildman–Crippen MR) is 111 cm³/mol. The largest absolute Gasteiger partial charge is 0.481 e. The zero-order valence-corrected chi connectivity index (χ0v) is 16.8. The van der Waals surface area contributed by atoms with Crippen molar-refractivity contribution in [3.63, 3.8) is 0 Å². The lowest BCUT2D eigenvalue weighted by molar-refractivity contribution is 0.0696. The van der Waals surface area contributed by atoms with Crippen LogP contribution >= 0.6 is 0 Å². The lowest BCUT2D eigenvalue weighted by atomic mass is 10.1.